The van der Waals surface area contributed by atoms with Crippen molar-refractivity contribution in [3.63, 3.8) is 0 Å². The van der Waals surface area contributed by atoms with Crippen molar-refractivity contribution in [2.24, 2.45) is 0 Å². The van der Waals surface area contributed by atoms with Crippen molar-refractivity contribution >= 4 is 29.5 Å². The molecule has 6 heteroatoms. The highest BCUT2D eigenvalue weighted by molar-refractivity contribution is 6.34. The fourth-order valence-corrected chi connectivity index (χ4v) is 2.31. The molecule has 0 unspecified atom stereocenters. The van der Waals surface area contributed by atoms with Crippen LogP contribution in [-0.4, -0.2) is 30.1 Å². The molecule has 2 aromatic rings. The number of carbonyl (C=O) groups is 2. The van der Waals surface area contributed by atoms with Crippen molar-refractivity contribution in [3.05, 3.63) is 88.6 Å². The van der Waals surface area contributed by atoms with Gasteiger partial charge in [0, 0.05) is 6.54 Å². The van der Waals surface area contributed by atoms with Gasteiger partial charge < -0.3 is 15.7 Å². The van der Waals surface area contributed by atoms with E-state index < -0.39 is 11.8 Å². The van der Waals surface area contributed by atoms with E-state index in [1.807, 2.05) is 30.3 Å². The maximum absolute atomic E-state index is 12.4. The van der Waals surface area contributed by atoms with E-state index in [1.165, 1.54) is 6.08 Å². The molecule has 2 aromatic carbocycles. The van der Waals surface area contributed by atoms with E-state index in [1.54, 1.807) is 36.4 Å². The average Bonchev–Trinajstić information content (AvgIpc) is 2.66. The summed E-state index contributed by atoms with van der Waals surface area (Å²) in [6.45, 7) is -0.113. The molecule has 0 aliphatic carbocycles. The van der Waals surface area contributed by atoms with Gasteiger partial charge in [0.05, 0.1) is 17.2 Å². The van der Waals surface area contributed by atoms with E-state index in [-0.39, 0.29) is 24.4 Å². The van der Waals surface area contributed by atoms with Crippen LogP contribution in [0.3, 0.4) is 0 Å². The summed E-state index contributed by atoms with van der Waals surface area (Å²) in [5.74, 6) is -0.994. The van der Waals surface area contributed by atoms with E-state index in [0.29, 0.717) is 5.02 Å². The third-order valence-electron chi connectivity index (χ3n) is 3.36. The van der Waals surface area contributed by atoms with E-state index in [9.17, 15) is 9.59 Å². The Kier molecular flexibility index (Phi) is 7.61. The maximum atomic E-state index is 12.4. The quantitative estimate of drug-likeness (QED) is 0.518. The number of allylic oxidation sites excluding steroid dienone is 2. The Balaban J connectivity index is 2.19. The minimum absolute atomic E-state index is 0.0514. The molecule has 26 heavy (non-hydrogen) atoms. The number of hydrogen-bond acceptors (Lipinski definition) is 3. The molecule has 0 radical (unpaired) electrons. The lowest BCUT2D eigenvalue weighted by atomic mass is 10.2. The second-order valence-electron chi connectivity index (χ2n) is 5.26. The summed E-state index contributed by atoms with van der Waals surface area (Å²) in [5.41, 5.74) is 1.27. The predicted octanol–water partition coefficient (Wildman–Crippen LogP) is 2.78. The number of aliphatic hydroxyl groups is 1. The van der Waals surface area contributed by atoms with Gasteiger partial charge in [-0.05, 0) is 23.8 Å². The Bertz CT molecular complexity index is 817. The number of benzene rings is 2. The van der Waals surface area contributed by atoms with Crippen molar-refractivity contribution in [1.82, 2.24) is 10.6 Å². The van der Waals surface area contributed by atoms with Crippen LogP contribution < -0.4 is 10.6 Å². The van der Waals surface area contributed by atoms with E-state index >= 15 is 0 Å². The molecule has 0 heterocycles. The van der Waals surface area contributed by atoms with E-state index in [2.05, 4.69) is 10.6 Å². The van der Waals surface area contributed by atoms with Gasteiger partial charge in [0.15, 0.2) is 0 Å². The Morgan fingerprint density at radius 1 is 1.04 bits per heavy atom. The lowest BCUT2D eigenvalue weighted by Gasteiger charge is -2.10. The average molecular weight is 371 g/mol. The first kappa shape index (κ1) is 19.4. The van der Waals surface area contributed by atoms with Gasteiger partial charge in [0.2, 0.25) is 0 Å². The second kappa shape index (κ2) is 10.2. The highest BCUT2D eigenvalue weighted by Crippen LogP contribution is 2.15. The van der Waals surface area contributed by atoms with E-state index in [4.69, 9.17) is 16.7 Å². The minimum Gasteiger partial charge on any atom is -0.395 e. The van der Waals surface area contributed by atoms with Crippen LogP contribution in [0.1, 0.15) is 15.9 Å². The van der Waals surface area contributed by atoms with Crippen LogP contribution in [0, 0.1) is 0 Å². The fourth-order valence-electron chi connectivity index (χ4n) is 2.09. The number of carbonyl (C=O) groups excluding carboxylic acids is 2. The second-order valence-corrected chi connectivity index (χ2v) is 5.67. The van der Waals surface area contributed by atoms with Crippen LogP contribution in [0.2, 0.25) is 5.02 Å². The van der Waals surface area contributed by atoms with Crippen LogP contribution in [0.4, 0.5) is 0 Å². The third kappa shape index (κ3) is 5.88. The van der Waals surface area contributed by atoms with Gasteiger partial charge in [-0.3, -0.25) is 9.59 Å². The van der Waals surface area contributed by atoms with Crippen molar-refractivity contribution in [2.45, 2.75) is 0 Å². The van der Waals surface area contributed by atoms with Crippen LogP contribution in [0.15, 0.2) is 72.4 Å². The van der Waals surface area contributed by atoms with Crippen LogP contribution >= 0.6 is 11.6 Å². The van der Waals surface area contributed by atoms with Crippen LogP contribution in [0.5, 0.6) is 0 Å². The number of aliphatic hydroxyl groups excluding tert-OH is 1. The van der Waals surface area contributed by atoms with Crippen molar-refractivity contribution in [1.29, 1.82) is 0 Å². The molecule has 0 saturated heterocycles. The summed E-state index contributed by atoms with van der Waals surface area (Å²) in [6.07, 6.45) is 4.96. The summed E-state index contributed by atoms with van der Waals surface area (Å²) in [6, 6.07) is 16.1. The molecule has 0 spiro atoms. The number of amides is 2. The lowest BCUT2D eigenvalue weighted by molar-refractivity contribution is -0.117. The molecule has 0 atom stereocenters. The molecule has 2 rings (SSSR count). The van der Waals surface area contributed by atoms with Gasteiger partial charge in [-0.15, -0.1) is 0 Å². The largest absolute Gasteiger partial charge is 0.395 e. The number of rotatable bonds is 7. The summed E-state index contributed by atoms with van der Waals surface area (Å²) in [4.78, 5) is 24.6. The van der Waals surface area contributed by atoms with Crippen molar-refractivity contribution in [2.75, 3.05) is 13.2 Å². The third-order valence-corrected chi connectivity index (χ3v) is 3.69. The van der Waals surface area contributed by atoms with Gasteiger partial charge in [-0.2, -0.15) is 0 Å². The van der Waals surface area contributed by atoms with Gasteiger partial charge in [0.25, 0.3) is 11.8 Å². The zero-order chi connectivity index (χ0) is 18.8. The van der Waals surface area contributed by atoms with Crippen molar-refractivity contribution < 1.29 is 14.7 Å². The SMILES string of the molecule is O=C(NCCO)C(=CC=Cc1ccccc1)NC(=O)c1ccccc1Cl. The molecule has 0 aliphatic heterocycles. The topological polar surface area (TPSA) is 78.4 Å². The van der Waals surface area contributed by atoms with Gasteiger partial charge >= 0.3 is 0 Å². The Morgan fingerprint density at radius 2 is 1.73 bits per heavy atom. The highest BCUT2D eigenvalue weighted by atomic mass is 35.5. The fraction of sp³-hybridized carbons (Fsp3) is 0.100. The molecule has 0 fully saturated rings. The first-order valence-electron chi connectivity index (χ1n) is 8.00. The Hall–Kier alpha value is -2.89. The zero-order valence-corrected chi connectivity index (χ0v) is 14.7. The summed E-state index contributed by atoms with van der Waals surface area (Å²) in [5, 5.41) is 14.2. The van der Waals surface area contributed by atoms with Crippen LogP contribution in [0.25, 0.3) is 6.08 Å². The first-order valence-corrected chi connectivity index (χ1v) is 8.38. The zero-order valence-electron chi connectivity index (χ0n) is 14.0. The molecule has 2 amide bonds. The normalized spacial score (nSPS) is 11.4. The molecule has 134 valence electrons. The molecule has 5 nitrogen and oxygen atoms in total. The summed E-state index contributed by atoms with van der Waals surface area (Å²) in [7, 11) is 0. The van der Waals surface area contributed by atoms with E-state index in [0.717, 1.165) is 5.56 Å². The summed E-state index contributed by atoms with van der Waals surface area (Å²) >= 11 is 6.02. The summed E-state index contributed by atoms with van der Waals surface area (Å²) < 4.78 is 0. The molecule has 0 bridgehead atoms. The number of halogens is 1. The Morgan fingerprint density at radius 3 is 2.42 bits per heavy atom. The van der Waals surface area contributed by atoms with Gasteiger partial charge in [-0.25, -0.2) is 0 Å². The number of hydrogen-bond donors (Lipinski definition) is 3. The van der Waals surface area contributed by atoms with Gasteiger partial charge in [-0.1, -0.05) is 66.2 Å². The molecule has 0 aromatic heterocycles. The molecule has 0 aliphatic rings. The molecule has 3 N–H and O–H groups in total. The standard InChI is InChI=1S/C20H19ClN2O3/c21-17-11-5-4-10-16(17)19(25)23-18(20(26)22-13-14-24)12-6-9-15-7-2-1-3-8-15/h1-12,24H,13-14H2,(H,22,26)(H,23,25). The smallest absolute Gasteiger partial charge is 0.267 e. The lowest BCUT2D eigenvalue weighted by Crippen LogP contribution is -2.36. The maximum Gasteiger partial charge on any atom is 0.267 e. The molecular formula is C20H19ClN2O3. The van der Waals surface area contributed by atoms with Crippen molar-refractivity contribution in [3.8, 4) is 0 Å². The van der Waals surface area contributed by atoms with Crippen LogP contribution in [-0.2, 0) is 4.79 Å². The first-order chi connectivity index (χ1) is 12.6. The molecule has 0 saturated carbocycles. The highest BCUT2D eigenvalue weighted by Gasteiger charge is 2.15. The number of nitrogens with one attached hydrogen (secondary N) is 2. The minimum atomic E-state index is -0.503. The van der Waals surface area contributed by atoms with Gasteiger partial charge in [0.1, 0.15) is 5.70 Å². The molecular weight excluding hydrogens is 352 g/mol. The monoisotopic (exact) mass is 370 g/mol. The predicted molar refractivity (Wildman–Crippen MR) is 103 cm³/mol. The Labute approximate surface area is 157 Å².